The van der Waals surface area contributed by atoms with Crippen LogP contribution < -0.4 is 11.1 Å². The topological polar surface area (TPSA) is 67.6 Å². The number of nitrogens with one attached hydrogen (secondary N) is 1. The molecule has 1 rings (SSSR count). The fourth-order valence-electron chi connectivity index (χ4n) is 3.01. The van der Waals surface area contributed by atoms with Crippen molar-refractivity contribution in [1.29, 1.82) is 0 Å². The van der Waals surface area contributed by atoms with Gasteiger partial charge in [-0.05, 0) is 26.2 Å². The monoisotopic (exact) mass is 299 g/mol. The summed E-state index contributed by atoms with van der Waals surface area (Å²) in [5, 5.41) is 3.10. The van der Waals surface area contributed by atoms with Gasteiger partial charge in [0.2, 0.25) is 5.91 Å². The molecule has 0 aromatic rings. The van der Waals surface area contributed by atoms with Crippen LogP contribution in [-0.2, 0) is 9.53 Å². The highest BCUT2D eigenvalue weighted by molar-refractivity contribution is 5.78. The maximum absolute atomic E-state index is 12.1. The Kier molecular flexibility index (Phi) is 8.88. The van der Waals surface area contributed by atoms with Gasteiger partial charge in [-0.15, -0.1) is 0 Å². The van der Waals surface area contributed by atoms with Crippen molar-refractivity contribution in [2.75, 3.05) is 26.7 Å². The minimum atomic E-state index is 0.119. The van der Waals surface area contributed by atoms with Crippen LogP contribution in [0.15, 0.2) is 0 Å². The smallest absolute Gasteiger partial charge is 0.234 e. The van der Waals surface area contributed by atoms with Gasteiger partial charge in [0, 0.05) is 32.3 Å². The number of unbranched alkanes of at least 4 members (excludes halogenated alkanes) is 2. The number of hydrogen-bond donors (Lipinski definition) is 2. The molecule has 3 N–H and O–H groups in total. The molecule has 0 spiro atoms. The molecule has 1 fully saturated rings. The van der Waals surface area contributed by atoms with Crippen LogP contribution in [0.3, 0.4) is 0 Å². The quantitative estimate of drug-likeness (QED) is 0.633. The number of carbonyl (C=O) groups is 1. The van der Waals surface area contributed by atoms with Gasteiger partial charge in [0.15, 0.2) is 0 Å². The second-order valence-electron chi connectivity index (χ2n) is 6.21. The van der Waals surface area contributed by atoms with Crippen molar-refractivity contribution in [1.82, 2.24) is 10.2 Å². The molecule has 0 aromatic heterocycles. The third-order valence-electron chi connectivity index (χ3n) is 4.39. The Labute approximate surface area is 129 Å². The fraction of sp³-hybridized carbons (Fsp3) is 0.938. The van der Waals surface area contributed by atoms with Crippen LogP contribution >= 0.6 is 0 Å². The van der Waals surface area contributed by atoms with E-state index in [4.69, 9.17) is 10.5 Å². The Morgan fingerprint density at radius 2 is 2.24 bits per heavy atom. The zero-order valence-corrected chi connectivity index (χ0v) is 13.9. The number of rotatable bonds is 9. The summed E-state index contributed by atoms with van der Waals surface area (Å²) < 4.78 is 5.41. The zero-order chi connectivity index (χ0) is 15.7. The number of amides is 1. The molecule has 1 aliphatic rings. The molecule has 1 heterocycles. The van der Waals surface area contributed by atoms with Gasteiger partial charge in [0.25, 0.3) is 0 Å². The van der Waals surface area contributed by atoms with E-state index in [1.165, 1.54) is 19.3 Å². The lowest BCUT2D eigenvalue weighted by atomic mass is 9.99. The second-order valence-corrected chi connectivity index (χ2v) is 6.21. The highest BCUT2D eigenvalue weighted by Gasteiger charge is 2.28. The number of hydrogen-bond acceptors (Lipinski definition) is 4. The molecule has 0 aromatic carbocycles. The van der Waals surface area contributed by atoms with Crippen LogP contribution in [0.25, 0.3) is 0 Å². The van der Waals surface area contributed by atoms with Crippen LogP contribution in [0.4, 0.5) is 0 Å². The van der Waals surface area contributed by atoms with Gasteiger partial charge in [0.05, 0.1) is 12.6 Å². The Morgan fingerprint density at radius 3 is 2.86 bits per heavy atom. The van der Waals surface area contributed by atoms with Gasteiger partial charge >= 0.3 is 0 Å². The third-order valence-corrected chi connectivity index (χ3v) is 4.39. The highest BCUT2D eigenvalue weighted by Crippen LogP contribution is 2.18. The lowest BCUT2D eigenvalue weighted by Crippen LogP contribution is -2.52. The number of likely N-dealkylation sites (tertiary alicyclic amines) is 1. The van der Waals surface area contributed by atoms with Crippen molar-refractivity contribution in [3.8, 4) is 0 Å². The number of methoxy groups -OCH3 is 1. The zero-order valence-electron chi connectivity index (χ0n) is 13.9. The lowest BCUT2D eigenvalue weighted by molar-refractivity contribution is -0.124. The maximum atomic E-state index is 12.1. The summed E-state index contributed by atoms with van der Waals surface area (Å²) in [6, 6.07) is 0.515. The first-order valence-electron chi connectivity index (χ1n) is 8.36. The molecule has 21 heavy (non-hydrogen) atoms. The first-order valence-corrected chi connectivity index (χ1v) is 8.36. The van der Waals surface area contributed by atoms with E-state index in [-0.39, 0.29) is 24.1 Å². The Balaban J connectivity index is 2.32. The molecule has 0 aliphatic carbocycles. The second kappa shape index (κ2) is 10.1. The minimum absolute atomic E-state index is 0.119. The summed E-state index contributed by atoms with van der Waals surface area (Å²) in [7, 11) is 1.75. The molecule has 5 heteroatoms. The van der Waals surface area contributed by atoms with E-state index in [2.05, 4.69) is 24.1 Å². The van der Waals surface area contributed by atoms with E-state index in [1.807, 2.05) is 0 Å². The van der Waals surface area contributed by atoms with E-state index >= 15 is 0 Å². The van der Waals surface area contributed by atoms with Crippen molar-refractivity contribution < 1.29 is 9.53 Å². The van der Waals surface area contributed by atoms with E-state index < -0.39 is 0 Å². The van der Waals surface area contributed by atoms with Gasteiger partial charge in [-0.3, -0.25) is 9.69 Å². The molecular formula is C16H33N3O2. The molecule has 3 unspecified atom stereocenters. The van der Waals surface area contributed by atoms with E-state index in [9.17, 15) is 4.79 Å². The summed E-state index contributed by atoms with van der Waals surface area (Å²) in [5.41, 5.74) is 5.84. The predicted octanol–water partition coefficient (Wildman–Crippen LogP) is 1.51. The summed E-state index contributed by atoms with van der Waals surface area (Å²) in [6.07, 6.45) is 6.88. The predicted molar refractivity (Wildman–Crippen MR) is 86.2 cm³/mol. The molecule has 1 aliphatic heterocycles. The molecule has 3 atom stereocenters. The Bertz CT molecular complexity index is 299. The maximum Gasteiger partial charge on any atom is 0.234 e. The van der Waals surface area contributed by atoms with Crippen LogP contribution in [0.5, 0.6) is 0 Å². The summed E-state index contributed by atoms with van der Waals surface area (Å²) in [5.74, 6) is 0.119. The standard InChI is InChI=1S/C16H33N3O2/c1-4-5-6-7-13(2)18-16(20)12-19-9-8-15(21-3)10-14(19)11-17/h13-15H,4-12,17H2,1-3H3,(H,18,20). The fourth-order valence-corrected chi connectivity index (χ4v) is 3.01. The average molecular weight is 299 g/mol. The lowest BCUT2D eigenvalue weighted by Gasteiger charge is -2.38. The van der Waals surface area contributed by atoms with E-state index in [0.29, 0.717) is 13.1 Å². The molecule has 1 amide bonds. The van der Waals surface area contributed by atoms with Crippen LogP contribution in [0, 0.1) is 0 Å². The molecule has 1 saturated heterocycles. The Hall–Kier alpha value is -0.650. The molecule has 0 bridgehead atoms. The summed E-state index contributed by atoms with van der Waals surface area (Å²) >= 11 is 0. The van der Waals surface area contributed by atoms with E-state index in [0.717, 1.165) is 25.8 Å². The molecule has 0 radical (unpaired) electrons. The van der Waals surface area contributed by atoms with Crippen molar-refractivity contribution in [3.05, 3.63) is 0 Å². The Morgan fingerprint density at radius 1 is 1.48 bits per heavy atom. The van der Waals surface area contributed by atoms with E-state index in [1.54, 1.807) is 7.11 Å². The number of carbonyl (C=O) groups excluding carboxylic acids is 1. The highest BCUT2D eigenvalue weighted by atomic mass is 16.5. The minimum Gasteiger partial charge on any atom is -0.381 e. The van der Waals surface area contributed by atoms with Gasteiger partial charge in [-0.2, -0.15) is 0 Å². The van der Waals surface area contributed by atoms with Crippen LogP contribution in [0.2, 0.25) is 0 Å². The normalized spacial score (nSPS) is 24.8. The van der Waals surface area contributed by atoms with Crippen molar-refractivity contribution in [3.63, 3.8) is 0 Å². The van der Waals surface area contributed by atoms with Crippen LogP contribution in [0.1, 0.15) is 52.4 Å². The van der Waals surface area contributed by atoms with Crippen LogP contribution in [-0.4, -0.2) is 55.7 Å². The molecule has 5 nitrogen and oxygen atoms in total. The number of nitrogens with zero attached hydrogens (tertiary/aromatic N) is 1. The van der Waals surface area contributed by atoms with Crippen molar-refractivity contribution in [2.24, 2.45) is 5.73 Å². The number of ether oxygens (including phenoxy) is 1. The van der Waals surface area contributed by atoms with Crippen molar-refractivity contribution in [2.45, 2.75) is 70.6 Å². The molecule has 0 saturated carbocycles. The average Bonchev–Trinajstić information content (AvgIpc) is 2.47. The summed E-state index contributed by atoms with van der Waals surface area (Å²) in [6.45, 7) is 6.21. The summed E-state index contributed by atoms with van der Waals surface area (Å²) in [4.78, 5) is 14.3. The first-order chi connectivity index (χ1) is 10.1. The largest absolute Gasteiger partial charge is 0.381 e. The van der Waals surface area contributed by atoms with Gasteiger partial charge in [-0.1, -0.05) is 26.2 Å². The molecule has 124 valence electrons. The third kappa shape index (κ3) is 6.76. The van der Waals surface area contributed by atoms with Gasteiger partial charge in [0.1, 0.15) is 0 Å². The van der Waals surface area contributed by atoms with Crippen molar-refractivity contribution >= 4 is 5.91 Å². The van der Waals surface area contributed by atoms with Gasteiger partial charge < -0.3 is 15.8 Å². The SMILES string of the molecule is CCCCCC(C)NC(=O)CN1CCC(OC)CC1CN. The number of nitrogens with two attached hydrogens (primary N) is 1. The van der Waals surface area contributed by atoms with Gasteiger partial charge in [-0.25, -0.2) is 0 Å². The first kappa shape index (κ1) is 18.4. The number of piperidine rings is 1. The molecular weight excluding hydrogens is 266 g/mol.